The number of hydrogen-bond acceptors (Lipinski definition) is 0. The second-order valence-electron chi connectivity index (χ2n) is 4.45. The Labute approximate surface area is 94.7 Å². The zero-order chi connectivity index (χ0) is 11.1. The molecule has 0 bridgehead atoms. The predicted molar refractivity (Wildman–Crippen MR) is 68.4 cm³/mol. The summed E-state index contributed by atoms with van der Waals surface area (Å²) in [6.45, 7) is 6.88. The molecule has 0 aliphatic carbocycles. The minimum Gasteiger partial charge on any atom is -0.0654 e. The van der Waals surface area contributed by atoms with Crippen LogP contribution in [0.25, 0.3) is 0 Å². The van der Waals surface area contributed by atoms with Crippen molar-refractivity contribution in [1.29, 1.82) is 0 Å². The van der Waals surface area contributed by atoms with Crippen LogP contribution < -0.4 is 0 Å². The number of unbranched alkanes of at least 4 members (excludes halogenated alkanes) is 2. The summed E-state index contributed by atoms with van der Waals surface area (Å²) in [5.74, 6) is 0.729. The first kappa shape index (κ1) is 12.3. The highest BCUT2D eigenvalue weighted by molar-refractivity contribution is 5.29. The number of hydrogen-bond donors (Lipinski definition) is 0. The van der Waals surface area contributed by atoms with E-state index >= 15 is 0 Å². The second-order valence-corrected chi connectivity index (χ2v) is 4.45. The summed E-state index contributed by atoms with van der Waals surface area (Å²) in [5, 5.41) is 0. The minimum absolute atomic E-state index is 0.729. The van der Waals surface area contributed by atoms with Crippen molar-refractivity contribution in [3.63, 3.8) is 0 Å². The highest BCUT2D eigenvalue weighted by atomic mass is 14.1. The number of benzene rings is 1. The second kappa shape index (κ2) is 6.66. The van der Waals surface area contributed by atoms with Crippen LogP contribution in [0, 0.1) is 0 Å². The maximum atomic E-state index is 2.37. The Hall–Kier alpha value is -0.780. The van der Waals surface area contributed by atoms with Crippen LogP contribution in [0.2, 0.25) is 0 Å². The third-order valence-corrected chi connectivity index (χ3v) is 3.21. The molecule has 0 aliphatic heterocycles. The van der Waals surface area contributed by atoms with E-state index < -0.39 is 0 Å². The van der Waals surface area contributed by atoms with Crippen molar-refractivity contribution in [2.45, 2.75) is 58.8 Å². The Morgan fingerprint density at radius 2 is 1.80 bits per heavy atom. The molecule has 1 rings (SSSR count). The summed E-state index contributed by atoms with van der Waals surface area (Å²) in [6, 6.07) is 8.90. The van der Waals surface area contributed by atoms with E-state index in [1.54, 1.807) is 5.56 Å². The van der Waals surface area contributed by atoms with Gasteiger partial charge in [-0.05, 0) is 29.9 Å². The Kier molecular flexibility index (Phi) is 5.45. The SMILES string of the molecule is CCCCCC(C)c1ccccc1CC. The Morgan fingerprint density at radius 1 is 1.07 bits per heavy atom. The third-order valence-electron chi connectivity index (χ3n) is 3.21. The van der Waals surface area contributed by atoms with Gasteiger partial charge in [0.15, 0.2) is 0 Å². The van der Waals surface area contributed by atoms with Crippen molar-refractivity contribution < 1.29 is 0 Å². The molecular formula is C15H24. The molecule has 0 aliphatic rings. The van der Waals surface area contributed by atoms with Crippen molar-refractivity contribution in [2.75, 3.05) is 0 Å². The first-order valence-corrected chi connectivity index (χ1v) is 6.37. The normalized spacial score (nSPS) is 12.7. The zero-order valence-electron chi connectivity index (χ0n) is 10.4. The first-order chi connectivity index (χ1) is 7.29. The minimum atomic E-state index is 0.729. The van der Waals surface area contributed by atoms with Gasteiger partial charge in [0, 0.05) is 0 Å². The highest BCUT2D eigenvalue weighted by Crippen LogP contribution is 2.25. The summed E-state index contributed by atoms with van der Waals surface area (Å²) in [4.78, 5) is 0. The Balaban J connectivity index is 2.59. The molecule has 15 heavy (non-hydrogen) atoms. The van der Waals surface area contributed by atoms with Crippen molar-refractivity contribution in [3.8, 4) is 0 Å². The molecule has 0 saturated heterocycles. The lowest BCUT2D eigenvalue weighted by molar-refractivity contribution is 0.595. The van der Waals surface area contributed by atoms with Crippen LogP contribution in [0.1, 0.15) is 63.5 Å². The quantitative estimate of drug-likeness (QED) is 0.576. The number of rotatable bonds is 6. The maximum absolute atomic E-state index is 2.37. The average molecular weight is 204 g/mol. The van der Waals surface area contributed by atoms with E-state index in [0.717, 1.165) is 12.3 Å². The van der Waals surface area contributed by atoms with E-state index in [-0.39, 0.29) is 0 Å². The van der Waals surface area contributed by atoms with Crippen LogP contribution in [0.5, 0.6) is 0 Å². The molecule has 0 heterocycles. The largest absolute Gasteiger partial charge is 0.0654 e. The van der Waals surface area contributed by atoms with Gasteiger partial charge in [-0.25, -0.2) is 0 Å². The summed E-state index contributed by atoms with van der Waals surface area (Å²) < 4.78 is 0. The monoisotopic (exact) mass is 204 g/mol. The van der Waals surface area contributed by atoms with Crippen LogP contribution in [-0.4, -0.2) is 0 Å². The molecule has 0 radical (unpaired) electrons. The average Bonchev–Trinajstić information content (AvgIpc) is 2.29. The van der Waals surface area contributed by atoms with E-state index in [2.05, 4.69) is 45.0 Å². The Morgan fingerprint density at radius 3 is 2.47 bits per heavy atom. The van der Waals surface area contributed by atoms with Gasteiger partial charge >= 0.3 is 0 Å². The topological polar surface area (TPSA) is 0 Å². The van der Waals surface area contributed by atoms with Crippen LogP contribution in [0.15, 0.2) is 24.3 Å². The summed E-state index contributed by atoms with van der Waals surface area (Å²) in [7, 11) is 0. The molecule has 1 unspecified atom stereocenters. The van der Waals surface area contributed by atoms with E-state index in [4.69, 9.17) is 0 Å². The molecular weight excluding hydrogens is 180 g/mol. The molecule has 0 aromatic heterocycles. The van der Waals surface area contributed by atoms with Gasteiger partial charge in [-0.3, -0.25) is 0 Å². The van der Waals surface area contributed by atoms with E-state index in [9.17, 15) is 0 Å². The molecule has 0 heteroatoms. The van der Waals surface area contributed by atoms with Crippen LogP contribution in [0.3, 0.4) is 0 Å². The summed E-state index contributed by atoms with van der Waals surface area (Å²) in [5.41, 5.74) is 3.10. The van der Waals surface area contributed by atoms with Crippen molar-refractivity contribution in [3.05, 3.63) is 35.4 Å². The predicted octanol–water partition coefficient (Wildman–Crippen LogP) is 4.93. The van der Waals surface area contributed by atoms with Gasteiger partial charge in [0.25, 0.3) is 0 Å². The number of aryl methyl sites for hydroxylation is 1. The fourth-order valence-electron chi connectivity index (χ4n) is 2.19. The van der Waals surface area contributed by atoms with Gasteiger partial charge in [0.1, 0.15) is 0 Å². The van der Waals surface area contributed by atoms with E-state index in [1.165, 1.54) is 31.2 Å². The smallest absolute Gasteiger partial charge is 0.0188 e. The zero-order valence-corrected chi connectivity index (χ0v) is 10.4. The van der Waals surface area contributed by atoms with Crippen LogP contribution in [-0.2, 0) is 6.42 Å². The van der Waals surface area contributed by atoms with Gasteiger partial charge in [-0.15, -0.1) is 0 Å². The van der Waals surface area contributed by atoms with Gasteiger partial charge in [0.05, 0.1) is 0 Å². The van der Waals surface area contributed by atoms with E-state index in [0.29, 0.717) is 0 Å². The van der Waals surface area contributed by atoms with Crippen LogP contribution in [0.4, 0.5) is 0 Å². The van der Waals surface area contributed by atoms with Gasteiger partial charge in [0.2, 0.25) is 0 Å². The lowest BCUT2D eigenvalue weighted by Gasteiger charge is -2.15. The van der Waals surface area contributed by atoms with Crippen molar-refractivity contribution >= 4 is 0 Å². The molecule has 0 saturated carbocycles. The fraction of sp³-hybridized carbons (Fsp3) is 0.600. The van der Waals surface area contributed by atoms with Crippen molar-refractivity contribution in [2.24, 2.45) is 0 Å². The standard InChI is InChI=1S/C15H24/c1-4-6-7-10-13(3)15-12-9-8-11-14(15)5-2/h8-9,11-13H,4-7,10H2,1-3H3. The Bertz CT molecular complexity index is 275. The molecule has 0 amide bonds. The van der Waals surface area contributed by atoms with Gasteiger partial charge in [-0.1, -0.05) is 64.3 Å². The molecule has 1 aromatic rings. The van der Waals surface area contributed by atoms with Gasteiger partial charge in [-0.2, -0.15) is 0 Å². The highest BCUT2D eigenvalue weighted by Gasteiger charge is 2.08. The summed E-state index contributed by atoms with van der Waals surface area (Å²) in [6.07, 6.45) is 6.57. The molecule has 84 valence electrons. The lowest BCUT2D eigenvalue weighted by atomic mass is 9.90. The summed E-state index contributed by atoms with van der Waals surface area (Å²) >= 11 is 0. The van der Waals surface area contributed by atoms with Crippen molar-refractivity contribution in [1.82, 2.24) is 0 Å². The van der Waals surface area contributed by atoms with Crippen LogP contribution >= 0.6 is 0 Å². The van der Waals surface area contributed by atoms with E-state index in [1.807, 2.05) is 0 Å². The molecule has 1 aromatic carbocycles. The maximum Gasteiger partial charge on any atom is -0.0188 e. The molecule has 0 spiro atoms. The molecule has 1 atom stereocenters. The lowest BCUT2D eigenvalue weighted by Crippen LogP contribution is -1.98. The molecule has 0 fully saturated rings. The molecule has 0 nitrogen and oxygen atoms in total. The molecule has 0 N–H and O–H groups in total. The van der Waals surface area contributed by atoms with Gasteiger partial charge < -0.3 is 0 Å². The first-order valence-electron chi connectivity index (χ1n) is 6.37. The third kappa shape index (κ3) is 3.70. The fourth-order valence-corrected chi connectivity index (χ4v) is 2.19.